The normalized spacial score (nSPS) is 14.2. The van der Waals surface area contributed by atoms with Crippen LogP contribution in [0.4, 0.5) is 5.69 Å². The van der Waals surface area contributed by atoms with Crippen molar-refractivity contribution in [3.05, 3.63) is 199 Å². The van der Waals surface area contributed by atoms with Crippen molar-refractivity contribution in [2.45, 2.75) is 12.5 Å². The Hall–Kier alpha value is -6.06. The molecular formula is C44H34N3+. The van der Waals surface area contributed by atoms with E-state index in [2.05, 4.69) is 198 Å². The molecule has 1 unspecified atom stereocenters. The average Bonchev–Trinajstić information content (AvgIpc) is 3.62. The molecule has 0 saturated heterocycles. The third-order valence-electron chi connectivity index (χ3n) is 8.89. The van der Waals surface area contributed by atoms with E-state index >= 15 is 0 Å². The molecule has 0 amide bonds. The Balaban J connectivity index is 1.25. The minimum Gasteiger partial charge on any atom is -0.257 e. The van der Waals surface area contributed by atoms with Crippen LogP contribution in [-0.2, 0) is 0 Å². The second-order valence-corrected chi connectivity index (χ2v) is 11.9. The lowest BCUT2D eigenvalue weighted by molar-refractivity contribution is -0.572. The molecule has 7 aromatic rings. The summed E-state index contributed by atoms with van der Waals surface area (Å²) in [6, 6.07) is 66.9. The molecule has 1 aromatic heterocycles. The highest BCUT2D eigenvalue weighted by atomic mass is 15.5. The van der Waals surface area contributed by atoms with Gasteiger partial charge in [-0.25, -0.2) is 0 Å². The van der Waals surface area contributed by atoms with Crippen LogP contribution >= 0.6 is 0 Å². The van der Waals surface area contributed by atoms with Gasteiger partial charge in [-0.2, -0.15) is 9.67 Å². The largest absolute Gasteiger partial charge is 0.257 e. The van der Waals surface area contributed by atoms with Crippen LogP contribution in [0, 0.1) is 0 Å². The third-order valence-corrected chi connectivity index (χ3v) is 8.89. The van der Waals surface area contributed by atoms with E-state index in [1.54, 1.807) is 0 Å². The topological polar surface area (TPSA) is 19.5 Å². The van der Waals surface area contributed by atoms with Gasteiger partial charge < -0.3 is 0 Å². The number of aromatic nitrogens is 1. The summed E-state index contributed by atoms with van der Waals surface area (Å²) in [5, 5.41) is 7.38. The molecule has 1 aliphatic rings. The number of benzene rings is 6. The first-order valence-electron chi connectivity index (χ1n) is 16.2. The first kappa shape index (κ1) is 28.4. The molecule has 6 aromatic carbocycles. The first-order valence-corrected chi connectivity index (χ1v) is 16.2. The number of rotatable bonds is 7. The summed E-state index contributed by atoms with van der Waals surface area (Å²) in [5.74, 6) is 0. The zero-order valence-electron chi connectivity index (χ0n) is 26.0. The van der Waals surface area contributed by atoms with Gasteiger partial charge in [0.2, 0.25) is 17.1 Å². The van der Waals surface area contributed by atoms with Crippen molar-refractivity contribution in [1.29, 1.82) is 0 Å². The molecule has 224 valence electrons. The van der Waals surface area contributed by atoms with Crippen molar-refractivity contribution in [3.8, 4) is 39.3 Å². The molecule has 0 radical (unpaired) electrons. The fraction of sp³-hybridized carbons (Fsp3) is 0.0455. The summed E-state index contributed by atoms with van der Waals surface area (Å²) in [5.41, 5.74) is 12.7. The minimum absolute atomic E-state index is 0.133. The van der Waals surface area contributed by atoms with E-state index in [0.717, 1.165) is 57.1 Å². The summed E-state index contributed by atoms with van der Waals surface area (Å²) in [7, 11) is 0. The van der Waals surface area contributed by atoms with E-state index in [1.165, 1.54) is 11.1 Å². The van der Waals surface area contributed by atoms with Gasteiger partial charge in [-0.3, -0.25) is 5.01 Å². The van der Waals surface area contributed by atoms with Crippen molar-refractivity contribution in [2.75, 3.05) is 5.01 Å². The molecule has 0 saturated carbocycles. The molecule has 3 nitrogen and oxygen atoms in total. The summed E-state index contributed by atoms with van der Waals surface area (Å²) in [6.45, 7) is 0. The van der Waals surface area contributed by atoms with Crippen LogP contribution in [0.1, 0.15) is 23.6 Å². The van der Waals surface area contributed by atoms with E-state index in [9.17, 15) is 0 Å². The maximum Gasteiger partial charge on any atom is 0.219 e. The van der Waals surface area contributed by atoms with Gasteiger partial charge in [-0.1, -0.05) is 127 Å². The van der Waals surface area contributed by atoms with Crippen LogP contribution in [0.15, 0.2) is 193 Å². The van der Waals surface area contributed by atoms with Gasteiger partial charge in [-0.15, -0.1) is 0 Å². The number of anilines is 1. The number of nitrogens with zero attached hydrogens (tertiary/aromatic N) is 3. The third kappa shape index (κ3) is 5.76. The molecule has 2 heterocycles. The molecule has 47 heavy (non-hydrogen) atoms. The summed E-state index contributed by atoms with van der Waals surface area (Å²) in [6.07, 6.45) is 0.856. The molecular weight excluding hydrogens is 571 g/mol. The van der Waals surface area contributed by atoms with Crippen molar-refractivity contribution in [3.63, 3.8) is 0 Å². The number of hydrazone groups is 1. The fourth-order valence-electron chi connectivity index (χ4n) is 6.55. The van der Waals surface area contributed by atoms with E-state index in [0.29, 0.717) is 0 Å². The quantitative estimate of drug-likeness (QED) is 0.166. The molecule has 0 N–H and O–H groups in total. The highest BCUT2D eigenvalue weighted by Crippen LogP contribution is 2.38. The van der Waals surface area contributed by atoms with Gasteiger partial charge in [0.05, 0.1) is 17.4 Å². The molecule has 0 spiro atoms. The van der Waals surface area contributed by atoms with Crippen molar-refractivity contribution < 1.29 is 4.57 Å². The lowest BCUT2D eigenvalue weighted by Crippen LogP contribution is -2.36. The van der Waals surface area contributed by atoms with E-state index in [4.69, 9.17) is 5.10 Å². The summed E-state index contributed by atoms with van der Waals surface area (Å²) in [4.78, 5) is 0. The lowest BCUT2D eigenvalue weighted by atomic mass is 9.97. The predicted octanol–water partition coefficient (Wildman–Crippen LogP) is 10.3. The Morgan fingerprint density at radius 3 is 1.45 bits per heavy atom. The maximum atomic E-state index is 5.19. The van der Waals surface area contributed by atoms with Crippen LogP contribution < -0.4 is 9.58 Å². The number of pyridine rings is 1. The molecule has 0 aliphatic carbocycles. The second kappa shape index (κ2) is 12.7. The highest BCUT2D eigenvalue weighted by Gasteiger charge is 2.30. The zero-order valence-corrected chi connectivity index (χ0v) is 26.0. The van der Waals surface area contributed by atoms with E-state index < -0.39 is 0 Å². The predicted molar refractivity (Wildman–Crippen MR) is 194 cm³/mol. The fourth-order valence-corrected chi connectivity index (χ4v) is 6.55. The van der Waals surface area contributed by atoms with E-state index in [1.807, 2.05) is 0 Å². The number of hydrogen-bond donors (Lipinski definition) is 0. The van der Waals surface area contributed by atoms with Crippen LogP contribution in [0.3, 0.4) is 0 Å². The van der Waals surface area contributed by atoms with Crippen molar-refractivity contribution in [2.24, 2.45) is 5.10 Å². The second-order valence-electron chi connectivity index (χ2n) is 11.9. The van der Waals surface area contributed by atoms with Crippen LogP contribution in [0.2, 0.25) is 0 Å². The molecule has 0 bridgehead atoms. The SMILES string of the molecule is c1ccc(C2=NN(c3ccc(-c4cc(-c5ccccc5)[n+](-c5ccccc5)c(-c5ccccc5)c4)cc3)C(c3ccccc3)C2)cc1. The van der Waals surface area contributed by atoms with Gasteiger partial charge in [0.25, 0.3) is 0 Å². The van der Waals surface area contributed by atoms with Gasteiger partial charge in [0.15, 0.2) is 0 Å². The van der Waals surface area contributed by atoms with Crippen LogP contribution in [-0.4, -0.2) is 5.71 Å². The number of hydrogen-bond acceptors (Lipinski definition) is 2. The Morgan fingerprint density at radius 2 is 0.915 bits per heavy atom. The van der Waals surface area contributed by atoms with Crippen LogP contribution in [0.5, 0.6) is 0 Å². The van der Waals surface area contributed by atoms with Gasteiger partial charge in [0, 0.05) is 41.8 Å². The van der Waals surface area contributed by atoms with Gasteiger partial charge in [0.1, 0.15) is 0 Å². The summed E-state index contributed by atoms with van der Waals surface area (Å²) >= 11 is 0. The maximum absolute atomic E-state index is 5.19. The van der Waals surface area contributed by atoms with Gasteiger partial charge >= 0.3 is 0 Å². The Kier molecular flexibility index (Phi) is 7.70. The first-order chi connectivity index (χ1) is 23.3. The standard InChI is InChI=1S/C44H34N3/c1-6-16-34(17-7-1)41-32-44(37-22-12-4-13-23-37)47(45-41)40-28-26-33(27-29-40)38-30-42(35-18-8-2-9-19-35)46(39-24-14-5-15-25-39)43(31-38)36-20-10-3-11-21-36/h1-31,44H,32H2/q+1. The monoisotopic (exact) mass is 604 g/mol. The number of para-hydroxylation sites is 1. The molecule has 8 rings (SSSR count). The molecule has 1 aliphatic heterocycles. The molecule has 1 atom stereocenters. The van der Waals surface area contributed by atoms with E-state index in [-0.39, 0.29) is 6.04 Å². The zero-order chi connectivity index (χ0) is 31.4. The minimum atomic E-state index is 0.133. The lowest BCUT2D eigenvalue weighted by Gasteiger charge is -2.24. The van der Waals surface area contributed by atoms with Gasteiger partial charge in [-0.05, 0) is 58.7 Å². The molecule has 0 fully saturated rings. The highest BCUT2D eigenvalue weighted by molar-refractivity contribution is 6.03. The average molecular weight is 605 g/mol. The smallest absolute Gasteiger partial charge is 0.219 e. The summed E-state index contributed by atoms with van der Waals surface area (Å²) < 4.78 is 2.37. The van der Waals surface area contributed by atoms with Crippen molar-refractivity contribution >= 4 is 11.4 Å². The van der Waals surface area contributed by atoms with Crippen molar-refractivity contribution in [1.82, 2.24) is 0 Å². The Morgan fingerprint density at radius 1 is 0.447 bits per heavy atom. The molecule has 3 heteroatoms. The Bertz CT molecular complexity index is 2070. The van der Waals surface area contributed by atoms with Crippen LogP contribution in [0.25, 0.3) is 39.3 Å². The Labute approximate surface area is 276 Å².